The minimum absolute atomic E-state index is 0.113. The molecular weight excluding hydrogens is 284 g/mol. The summed E-state index contributed by atoms with van der Waals surface area (Å²) < 4.78 is 36.8. The minimum atomic E-state index is -4.70. The Morgan fingerprint density at radius 1 is 1.36 bits per heavy atom. The lowest BCUT2D eigenvalue weighted by atomic mass is 10.1. The van der Waals surface area contributed by atoms with Gasteiger partial charge >= 0.3 is 6.18 Å². The summed E-state index contributed by atoms with van der Waals surface area (Å²) in [6, 6.07) is 3.92. The van der Waals surface area contributed by atoms with Gasteiger partial charge in [0.25, 0.3) is 0 Å². The van der Waals surface area contributed by atoms with Crippen LogP contribution < -0.4 is 0 Å². The normalized spacial score (nSPS) is 14.1. The number of aliphatic hydroxyl groups is 1. The van der Waals surface area contributed by atoms with Crippen molar-refractivity contribution < 1.29 is 18.3 Å². The zero-order valence-corrected chi connectivity index (χ0v) is 8.99. The summed E-state index contributed by atoms with van der Waals surface area (Å²) in [6.45, 7) is 0. The first-order valence-electron chi connectivity index (χ1n) is 3.52. The molecule has 0 fully saturated rings. The van der Waals surface area contributed by atoms with Crippen molar-refractivity contribution in [2.45, 2.75) is 12.3 Å². The molecule has 0 aliphatic heterocycles. The molecule has 1 aromatic carbocycles. The first kappa shape index (κ1) is 11.8. The van der Waals surface area contributed by atoms with Gasteiger partial charge in [0.15, 0.2) is 6.10 Å². The predicted molar refractivity (Wildman–Crippen MR) is 50.2 cm³/mol. The van der Waals surface area contributed by atoms with Gasteiger partial charge in [0.05, 0.1) is 0 Å². The number of hydrogen-bond donors (Lipinski definition) is 1. The van der Waals surface area contributed by atoms with Crippen molar-refractivity contribution in [3.63, 3.8) is 0 Å². The van der Waals surface area contributed by atoms with Crippen LogP contribution in [0.5, 0.6) is 0 Å². The van der Waals surface area contributed by atoms with Crippen molar-refractivity contribution in [3.05, 3.63) is 33.3 Å². The molecule has 1 rings (SSSR count). The molecule has 0 aliphatic rings. The fraction of sp³-hybridized carbons (Fsp3) is 0.250. The number of aliphatic hydroxyl groups excluding tert-OH is 1. The van der Waals surface area contributed by atoms with Crippen molar-refractivity contribution >= 4 is 27.5 Å². The van der Waals surface area contributed by atoms with Gasteiger partial charge in [-0.3, -0.25) is 0 Å². The Bertz CT molecular complexity index is 340. The van der Waals surface area contributed by atoms with Gasteiger partial charge in [0.1, 0.15) is 0 Å². The van der Waals surface area contributed by atoms with E-state index in [0.29, 0.717) is 4.47 Å². The van der Waals surface area contributed by atoms with E-state index in [9.17, 15) is 13.2 Å². The highest BCUT2D eigenvalue weighted by atomic mass is 79.9. The molecule has 1 aromatic rings. The van der Waals surface area contributed by atoms with E-state index in [1.165, 1.54) is 12.1 Å². The third-order valence-corrected chi connectivity index (χ3v) is 2.40. The van der Waals surface area contributed by atoms with E-state index in [2.05, 4.69) is 15.9 Å². The van der Waals surface area contributed by atoms with E-state index in [1.54, 1.807) is 0 Å². The number of halogens is 5. The monoisotopic (exact) mass is 288 g/mol. The van der Waals surface area contributed by atoms with Crippen molar-refractivity contribution in [3.8, 4) is 0 Å². The second-order valence-electron chi connectivity index (χ2n) is 2.61. The van der Waals surface area contributed by atoms with Crippen LogP contribution in [0.2, 0.25) is 5.02 Å². The lowest BCUT2D eigenvalue weighted by molar-refractivity contribution is -0.206. The van der Waals surface area contributed by atoms with Gasteiger partial charge in [0.2, 0.25) is 0 Å². The Morgan fingerprint density at radius 2 is 1.93 bits per heavy atom. The Balaban J connectivity index is 3.12. The standard InChI is InChI=1S/C8H5BrClF3O/c9-4-1-2-6(10)5(3-4)7(14)8(11,12)13/h1-3,7,14H/t7-/m0/s1. The fourth-order valence-corrected chi connectivity index (χ4v) is 1.50. The molecule has 0 saturated heterocycles. The van der Waals surface area contributed by atoms with E-state index in [4.69, 9.17) is 16.7 Å². The SMILES string of the molecule is O[C@@H](c1cc(Br)ccc1Cl)C(F)(F)F. The highest BCUT2D eigenvalue weighted by molar-refractivity contribution is 9.10. The summed E-state index contributed by atoms with van der Waals surface area (Å²) in [7, 11) is 0. The molecule has 0 aliphatic carbocycles. The summed E-state index contributed by atoms with van der Waals surface area (Å²) >= 11 is 8.51. The van der Waals surface area contributed by atoms with Crippen LogP contribution >= 0.6 is 27.5 Å². The van der Waals surface area contributed by atoms with Gasteiger partial charge < -0.3 is 5.11 Å². The highest BCUT2D eigenvalue weighted by Crippen LogP contribution is 2.36. The van der Waals surface area contributed by atoms with Crippen molar-refractivity contribution in [2.24, 2.45) is 0 Å². The maximum absolute atomic E-state index is 12.1. The van der Waals surface area contributed by atoms with Crippen molar-refractivity contribution in [1.29, 1.82) is 0 Å². The lowest BCUT2D eigenvalue weighted by Crippen LogP contribution is -2.20. The number of hydrogen-bond acceptors (Lipinski definition) is 1. The Labute approximate surface area is 91.6 Å². The van der Waals surface area contributed by atoms with E-state index < -0.39 is 12.3 Å². The summed E-state index contributed by atoms with van der Waals surface area (Å²) in [4.78, 5) is 0. The van der Waals surface area contributed by atoms with E-state index in [-0.39, 0.29) is 10.6 Å². The zero-order chi connectivity index (χ0) is 10.9. The molecule has 1 atom stereocenters. The van der Waals surface area contributed by atoms with Crippen LogP contribution in [0.4, 0.5) is 13.2 Å². The predicted octanol–water partition coefficient (Wildman–Crippen LogP) is 3.70. The van der Waals surface area contributed by atoms with Crippen LogP contribution in [0.1, 0.15) is 11.7 Å². The van der Waals surface area contributed by atoms with Gasteiger partial charge in [-0.2, -0.15) is 13.2 Å². The summed E-state index contributed by atoms with van der Waals surface area (Å²) in [5.41, 5.74) is -0.353. The fourth-order valence-electron chi connectivity index (χ4n) is 0.900. The Morgan fingerprint density at radius 3 is 2.43 bits per heavy atom. The van der Waals surface area contributed by atoms with E-state index in [0.717, 1.165) is 6.07 Å². The summed E-state index contributed by atoms with van der Waals surface area (Å²) in [6.07, 6.45) is -7.25. The second kappa shape index (κ2) is 4.08. The van der Waals surface area contributed by atoms with Crippen LogP contribution in [0.15, 0.2) is 22.7 Å². The quantitative estimate of drug-likeness (QED) is 0.836. The van der Waals surface area contributed by atoms with Crippen LogP contribution in [-0.4, -0.2) is 11.3 Å². The molecule has 0 bridgehead atoms. The first-order chi connectivity index (χ1) is 6.32. The molecule has 0 unspecified atom stereocenters. The first-order valence-corrected chi connectivity index (χ1v) is 4.69. The molecule has 0 heterocycles. The van der Waals surface area contributed by atoms with Crippen LogP contribution in [-0.2, 0) is 0 Å². The van der Waals surface area contributed by atoms with Crippen LogP contribution in [0, 0.1) is 0 Å². The maximum atomic E-state index is 12.1. The second-order valence-corrected chi connectivity index (χ2v) is 3.93. The van der Waals surface area contributed by atoms with Gasteiger partial charge in [-0.25, -0.2) is 0 Å². The number of rotatable bonds is 1. The Hall–Kier alpha value is -0.260. The van der Waals surface area contributed by atoms with E-state index >= 15 is 0 Å². The molecule has 78 valence electrons. The van der Waals surface area contributed by atoms with Gasteiger partial charge in [-0.1, -0.05) is 27.5 Å². The molecule has 0 aromatic heterocycles. The zero-order valence-electron chi connectivity index (χ0n) is 6.65. The Kier molecular flexibility index (Phi) is 3.44. The topological polar surface area (TPSA) is 20.2 Å². The molecular formula is C8H5BrClF3O. The third kappa shape index (κ3) is 2.62. The molecule has 1 N–H and O–H groups in total. The molecule has 1 nitrogen and oxygen atoms in total. The van der Waals surface area contributed by atoms with Crippen molar-refractivity contribution in [2.75, 3.05) is 0 Å². The van der Waals surface area contributed by atoms with Crippen LogP contribution in [0.3, 0.4) is 0 Å². The van der Waals surface area contributed by atoms with Crippen molar-refractivity contribution in [1.82, 2.24) is 0 Å². The highest BCUT2D eigenvalue weighted by Gasteiger charge is 2.40. The minimum Gasteiger partial charge on any atom is -0.379 e. The largest absolute Gasteiger partial charge is 0.418 e. The number of benzene rings is 1. The van der Waals surface area contributed by atoms with E-state index in [1.807, 2.05) is 0 Å². The molecule has 0 radical (unpaired) electrons. The average Bonchev–Trinajstić information content (AvgIpc) is 2.06. The number of alkyl halides is 3. The third-order valence-electron chi connectivity index (χ3n) is 1.56. The lowest BCUT2D eigenvalue weighted by Gasteiger charge is -2.16. The summed E-state index contributed by atoms with van der Waals surface area (Å²) in [5.74, 6) is 0. The van der Waals surface area contributed by atoms with Gasteiger partial charge in [0, 0.05) is 15.1 Å². The van der Waals surface area contributed by atoms with Crippen LogP contribution in [0.25, 0.3) is 0 Å². The maximum Gasteiger partial charge on any atom is 0.418 e. The van der Waals surface area contributed by atoms with Gasteiger partial charge in [-0.15, -0.1) is 0 Å². The smallest absolute Gasteiger partial charge is 0.379 e. The van der Waals surface area contributed by atoms with Gasteiger partial charge in [-0.05, 0) is 18.2 Å². The summed E-state index contributed by atoms with van der Waals surface area (Å²) in [5, 5.41) is 8.82. The molecule has 0 saturated carbocycles. The molecule has 6 heteroatoms. The average molecular weight is 289 g/mol. The molecule has 0 amide bonds. The molecule has 0 spiro atoms. The molecule has 14 heavy (non-hydrogen) atoms.